The minimum absolute atomic E-state index is 0.637. The molecule has 15 heavy (non-hydrogen) atoms. The van der Waals surface area contributed by atoms with Crippen molar-refractivity contribution in [2.24, 2.45) is 0 Å². The molecule has 0 bridgehead atoms. The van der Waals surface area contributed by atoms with E-state index in [1.807, 2.05) is 4.98 Å². The van der Waals surface area contributed by atoms with E-state index in [2.05, 4.69) is 0 Å². The average Bonchev–Trinajstić information content (AvgIpc) is 2.15. The smallest absolute Gasteiger partial charge is 0.267 e. The summed E-state index contributed by atoms with van der Waals surface area (Å²) in [4.78, 5) is 23.5. The lowest BCUT2D eigenvalue weighted by Gasteiger charge is -2.05. The molecule has 4 nitrogen and oxygen atoms in total. The molecule has 1 aromatic rings. The Morgan fingerprint density at radius 3 is 2.60 bits per heavy atom. The summed E-state index contributed by atoms with van der Waals surface area (Å²) < 4.78 is 25.0. The van der Waals surface area contributed by atoms with Gasteiger partial charge in [0.15, 0.2) is 0 Å². The van der Waals surface area contributed by atoms with Crippen molar-refractivity contribution in [3.63, 3.8) is 0 Å². The second-order valence-corrected chi connectivity index (χ2v) is 2.87. The van der Waals surface area contributed by atoms with Crippen LogP contribution >= 0.6 is 11.6 Å². The molecular weight excluding hydrogens is 230 g/mol. The van der Waals surface area contributed by atoms with Crippen molar-refractivity contribution in [1.29, 1.82) is 5.26 Å². The fraction of sp³-hybridized carbons (Fsp3) is 0.125. The molecule has 0 spiro atoms. The first-order chi connectivity index (χ1) is 6.97. The molecule has 0 unspecified atom stereocenters. The van der Waals surface area contributed by atoms with E-state index in [4.69, 9.17) is 16.9 Å². The van der Waals surface area contributed by atoms with Gasteiger partial charge in [-0.15, -0.1) is 0 Å². The van der Waals surface area contributed by atoms with E-state index >= 15 is 0 Å². The number of carbonyl (C=O) groups excluding carboxylic acids is 1. The van der Waals surface area contributed by atoms with Crippen LogP contribution < -0.4 is 5.56 Å². The molecule has 0 saturated carbocycles. The first-order valence-electron chi connectivity index (χ1n) is 3.62. The lowest BCUT2D eigenvalue weighted by Crippen LogP contribution is -2.14. The Kier molecular flexibility index (Phi) is 3.17. The Morgan fingerprint density at radius 2 is 2.20 bits per heavy atom. The molecule has 1 heterocycles. The largest absolute Gasteiger partial charge is 0.313 e. The number of halogens is 3. The zero-order valence-corrected chi connectivity index (χ0v) is 7.81. The number of alkyl halides is 2. The van der Waals surface area contributed by atoms with Crippen LogP contribution in [0, 0.1) is 11.3 Å². The highest BCUT2D eigenvalue weighted by Crippen LogP contribution is 2.25. The Morgan fingerprint density at radius 1 is 1.60 bits per heavy atom. The van der Waals surface area contributed by atoms with Gasteiger partial charge in [0.2, 0.25) is 5.56 Å². The molecule has 0 aromatic carbocycles. The highest BCUT2D eigenvalue weighted by atomic mass is 35.5. The third-order valence-corrected chi connectivity index (χ3v) is 1.83. The maximum Gasteiger partial charge on any atom is 0.267 e. The molecule has 78 valence electrons. The second kappa shape index (κ2) is 4.19. The lowest BCUT2D eigenvalue weighted by molar-refractivity contribution is 0.106. The molecule has 0 radical (unpaired) electrons. The van der Waals surface area contributed by atoms with E-state index in [0.29, 0.717) is 6.07 Å². The predicted molar refractivity (Wildman–Crippen MR) is 46.9 cm³/mol. The Labute approximate surface area is 87.1 Å². The summed E-state index contributed by atoms with van der Waals surface area (Å²) in [5.41, 5.74) is -2.98. The first-order valence-corrected chi connectivity index (χ1v) is 4.00. The standard InChI is InChI=1S/C8H3ClF2N2O2/c9-7(15)3-1-5(14)13-4(2-12)6(3)8(10)11/h1,8H,(H,13,14). The fourth-order valence-corrected chi connectivity index (χ4v) is 1.20. The fourth-order valence-electron chi connectivity index (χ4n) is 1.05. The van der Waals surface area contributed by atoms with Gasteiger partial charge in [0, 0.05) is 6.07 Å². The number of nitrogens with zero attached hydrogens (tertiary/aromatic N) is 1. The normalized spacial score (nSPS) is 10.1. The van der Waals surface area contributed by atoms with Gasteiger partial charge in [-0.3, -0.25) is 9.59 Å². The lowest BCUT2D eigenvalue weighted by atomic mass is 10.1. The molecule has 0 aliphatic carbocycles. The van der Waals surface area contributed by atoms with E-state index in [0.717, 1.165) is 0 Å². The van der Waals surface area contributed by atoms with Crippen LogP contribution in [0.25, 0.3) is 0 Å². The number of carbonyl (C=O) groups is 1. The summed E-state index contributed by atoms with van der Waals surface area (Å²) >= 11 is 5.02. The first kappa shape index (κ1) is 11.3. The Balaban J connectivity index is 3.64. The SMILES string of the molecule is N#Cc1[nH]c(=O)cc(C(=O)Cl)c1C(F)F. The average molecular weight is 233 g/mol. The predicted octanol–water partition coefficient (Wildman–Crippen LogP) is 1.56. The molecule has 0 amide bonds. The maximum atomic E-state index is 12.5. The van der Waals surface area contributed by atoms with Crippen molar-refractivity contribution < 1.29 is 13.6 Å². The molecule has 7 heteroatoms. The summed E-state index contributed by atoms with van der Waals surface area (Å²) in [5, 5.41) is 7.29. The third-order valence-electron chi connectivity index (χ3n) is 1.62. The maximum absolute atomic E-state index is 12.5. The van der Waals surface area contributed by atoms with Crippen LogP contribution in [0.4, 0.5) is 8.78 Å². The van der Waals surface area contributed by atoms with Crippen molar-refractivity contribution in [2.45, 2.75) is 6.43 Å². The van der Waals surface area contributed by atoms with Crippen molar-refractivity contribution in [3.05, 3.63) is 33.2 Å². The van der Waals surface area contributed by atoms with Gasteiger partial charge in [-0.2, -0.15) is 5.26 Å². The number of aromatic nitrogens is 1. The van der Waals surface area contributed by atoms with E-state index in [9.17, 15) is 18.4 Å². The monoisotopic (exact) mass is 232 g/mol. The van der Waals surface area contributed by atoms with Crippen molar-refractivity contribution in [3.8, 4) is 6.07 Å². The molecular formula is C8H3ClF2N2O2. The van der Waals surface area contributed by atoms with Gasteiger partial charge < -0.3 is 4.98 Å². The van der Waals surface area contributed by atoms with E-state index in [1.54, 1.807) is 0 Å². The number of rotatable bonds is 2. The van der Waals surface area contributed by atoms with Gasteiger partial charge in [-0.25, -0.2) is 8.78 Å². The topological polar surface area (TPSA) is 73.7 Å². The number of aromatic amines is 1. The van der Waals surface area contributed by atoms with Crippen LogP contribution in [-0.4, -0.2) is 10.2 Å². The van der Waals surface area contributed by atoms with Gasteiger partial charge in [-0.05, 0) is 11.6 Å². The number of hydrogen-bond donors (Lipinski definition) is 1. The van der Waals surface area contributed by atoms with Crippen LogP contribution in [0.3, 0.4) is 0 Å². The van der Waals surface area contributed by atoms with Crippen LogP contribution in [0.15, 0.2) is 10.9 Å². The van der Waals surface area contributed by atoms with Crippen molar-refractivity contribution in [1.82, 2.24) is 4.98 Å². The molecule has 0 atom stereocenters. The number of nitrogens with one attached hydrogen (secondary N) is 1. The van der Waals surface area contributed by atoms with Crippen LogP contribution in [-0.2, 0) is 0 Å². The Bertz CT molecular complexity index is 504. The molecule has 1 rings (SSSR count). The summed E-state index contributed by atoms with van der Waals surface area (Å²) in [6.07, 6.45) is -3.06. The molecule has 0 saturated heterocycles. The number of H-pyrrole nitrogens is 1. The third kappa shape index (κ3) is 2.19. The molecule has 0 fully saturated rings. The Hall–Kier alpha value is -1.74. The zero-order valence-electron chi connectivity index (χ0n) is 7.05. The molecule has 0 aliphatic heterocycles. The summed E-state index contributed by atoms with van der Waals surface area (Å²) in [6, 6.07) is 2.00. The highest BCUT2D eigenvalue weighted by Gasteiger charge is 2.22. The van der Waals surface area contributed by atoms with Crippen molar-refractivity contribution in [2.75, 3.05) is 0 Å². The summed E-state index contributed by atoms with van der Waals surface area (Å²) in [5.74, 6) is 0. The van der Waals surface area contributed by atoms with Gasteiger partial charge in [0.1, 0.15) is 11.8 Å². The molecule has 0 aliphatic rings. The minimum Gasteiger partial charge on any atom is -0.313 e. The number of pyridine rings is 1. The summed E-state index contributed by atoms with van der Waals surface area (Å²) in [6.45, 7) is 0. The quantitative estimate of drug-likeness (QED) is 0.787. The number of hydrogen-bond acceptors (Lipinski definition) is 3. The van der Waals surface area contributed by atoms with Crippen LogP contribution in [0.1, 0.15) is 28.0 Å². The summed E-state index contributed by atoms with van der Waals surface area (Å²) in [7, 11) is 0. The van der Waals surface area contributed by atoms with Gasteiger partial charge >= 0.3 is 0 Å². The second-order valence-electron chi connectivity index (χ2n) is 2.52. The molecule has 1 aromatic heterocycles. The van der Waals surface area contributed by atoms with Gasteiger partial charge in [0.25, 0.3) is 11.7 Å². The highest BCUT2D eigenvalue weighted by molar-refractivity contribution is 6.67. The van der Waals surface area contributed by atoms with E-state index in [-0.39, 0.29) is 0 Å². The van der Waals surface area contributed by atoms with Crippen LogP contribution in [0.5, 0.6) is 0 Å². The van der Waals surface area contributed by atoms with E-state index < -0.39 is 34.0 Å². The van der Waals surface area contributed by atoms with Gasteiger partial charge in [0.05, 0.1) is 11.1 Å². The molecule has 1 N–H and O–H groups in total. The van der Waals surface area contributed by atoms with E-state index in [1.165, 1.54) is 6.07 Å². The van der Waals surface area contributed by atoms with Gasteiger partial charge in [-0.1, -0.05) is 0 Å². The minimum atomic E-state index is -3.06. The van der Waals surface area contributed by atoms with Crippen molar-refractivity contribution >= 4 is 16.8 Å². The van der Waals surface area contributed by atoms with Crippen LogP contribution in [0.2, 0.25) is 0 Å². The number of nitriles is 1. The zero-order chi connectivity index (χ0) is 11.6.